The molecule has 0 bridgehead atoms. The zero-order valence-corrected chi connectivity index (χ0v) is 21.2. The van der Waals surface area contributed by atoms with Gasteiger partial charge in [-0.2, -0.15) is 0 Å². The molecular formula is C24H32NO6PS. The molecule has 7 nitrogen and oxygen atoms in total. The Morgan fingerprint density at radius 3 is 2.24 bits per heavy atom. The number of carbonyl (C=O) groups is 2. The standard InChI is InChI=1S/C24H32NO6PS/c1-5-29-32(30-6-2)31-22(20-11-7-18(3)8-12-20)16-28-21-13-9-19(10-14-21)15-23(33-17-26)24(27)25-4/h7-14,17,22-23H,5-6,15-16H2,1-4H3,(H,25,27). The number of rotatable bonds is 15. The van der Waals surface area contributed by atoms with Gasteiger partial charge in [0.1, 0.15) is 18.5 Å². The van der Waals surface area contributed by atoms with Crippen molar-refractivity contribution in [3.8, 4) is 5.75 Å². The van der Waals surface area contributed by atoms with Crippen LogP contribution in [-0.4, -0.2) is 43.6 Å². The van der Waals surface area contributed by atoms with Crippen LogP contribution in [0.1, 0.15) is 36.6 Å². The average molecular weight is 494 g/mol. The van der Waals surface area contributed by atoms with Crippen molar-refractivity contribution in [2.45, 2.75) is 38.5 Å². The molecule has 0 fully saturated rings. The molecule has 0 radical (unpaired) electrons. The first-order chi connectivity index (χ1) is 16.0. The lowest BCUT2D eigenvalue weighted by Gasteiger charge is -2.23. The van der Waals surface area contributed by atoms with E-state index in [4.69, 9.17) is 18.3 Å². The monoisotopic (exact) mass is 493 g/mol. The van der Waals surface area contributed by atoms with Gasteiger partial charge in [0.05, 0.1) is 18.5 Å². The van der Waals surface area contributed by atoms with E-state index in [9.17, 15) is 9.59 Å². The van der Waals surface area contributed by atoms with Crippen molar-refractivity contribution < 1.29 is 27.9 Å². The highest BCUT2D eigenvalue weighted by Gasteiger charge is 2.22. The predicted octanol–water partition coefficient (Wildman–Crippen LogP) is 5.01. The number of carbonyl (C=O) groups excluding carboxylic acids is 2. The molecule has 2 aromatic carbocycles. The summed E-state index contributed by atoms with van der Waals surface area (Å²) in [6.45, 7) is 7.11. The number of thioether (sulfide) groups is 1. The van der Waals surface area contributed by atoms with Crippen molar-refractivity contribution in [1.82, 2.24) is 5.32 Å². The van der Waals surface area contributed by atoms with Gasteiger partial charge >= 0.3 is 8.60 Å². The molecule has 1 N–H and O–H groups in total. The Balaban J connectivity index is 2.06. The van der Waals surface area contributed by atoms with Crippen LogP contribution in [0.15, 0.2) is 48.5 Å². The third kappa shape index (κ3) is 9.43. The van der Waals surface area contributed by atoms with E-state index in [1.54, 1.807) is 7.05 Å². The highest BCUT2D eigenvalue weighted by Crippen LogP contribution is 2.44. The van der Waals surface area contributed by atoms with Gasteiger partial charge in [-0.25, -0.2) is 0 Å². The van der Waals surface area contributed by atoms with Crippen LogP contribution in [0.4, 0.5) is 0 Å². The molecule has 2 atom stereocenters. The van der Waals surface area contributed by atoms with E-state index in [0.29, 0.717) is 31.0 Å². The summed E-state index contributed by atoms with van der Waals surface area (Å²) in [5, 5.41) is 2.13. The summed E-state index contributed by atoms with van der Waals surface area (Å²) in [6.07, 6.45) is 0.0852. The summed E-state index contributed by atoms with van der Waals surface area (Å²) in [6, 6.07) is 15.6. The smallest absolute Gasteiger partial charge is 0.333 e. The van der Waals surface area contributed by atoms with Gasteiger partial charge in [0.15, 0.2) is 5.62 Å². The zero-order valence-electron chi connectivity index (χ0n) is 19.5. The fraction of sp³-hybridized carbons (Fsp3) is 0.417. The highest BCUT2D eigenvalue weighted by atomic mass is 32.2. The largest absolute Gasteiger partial charge is 0.491 e. The third-order valence-electron chi connectivity index (χ3n) is 4.64. The SMILES string of the molecule is CCOP(OCC)OC(COc1ccc(CC(SC=O)C(=O)NC)cc1)c1ccc(C)cc1. The number of hydrogen-bond acceptors (Lipinski definition) is 7. The molecule has 180 valence electrons. The molecule has 2 unspecified atom stereocenters. The van der Waals surface area contributed by atoms with Crippen LogP contribution in [0, 0.1) is 6.92 Å². The van der Waals surface area contributed by atoms with Crippen molar-refractivity contribution in [3.05, 3.63) is 65.2 Å². The molecular weight excluding hydrogens is 461 g/mol. The number of benzene rings is 2. The molecule has 33 heavy (non-hydrogen) atoms. The number of hydrogen-bond donors (Lipinski definition) is 1. The summed E-state index contributed by atoms with van der Waals surface area (Å²) < 4.78 is 23.4. The zero-order chi connectivity index (χ0) is 24.1. The second kappa shape index (κ2) is 15.0. The first kappa shape index (κ1) is 27.3. The molecule has 0 aliphatic heterocycles. The normalized spacial score (nSPS) is 12.9. The summed E-state index contributed by atoms with van der Waals surface area (Å²) in [4.78, 5) is 22.8. The number of aryl methyl sites for hydroxylation is 1. The van der Waals surface area contributed by atoms with Crippen LogP contribution in [-0.2, 0) is 29.6 Å². The maximum atomic E-state index is 11.9. The molecule has 0 saturated carbocycles. The second-order valence-electron chi connectivity index (χ2n) is 7.06. The number of nitrogens with one attached hydrogen (secondary N) is 1. The minimum Gasteiger partial charge on any atom is -0.491 e. The van der Waals surface area contributed by atoms with Crippen molar-refractivity contribution >= 4 is 31.9 Å². The Morgan fingerprint density at radius 1 is 1.06 bits per heavy atom. The Bertz CT molecular complexity index is 843. The lowest BCUT2D eigenvalue weighted by molar-refractivity contribution is -0.120. The van der Waals surface area contributed by atoms with Crippen LogP contribution in [0.3, 0.4) is 0 Å². The first-order valence-electron chi connectivity index (χ1n) is 10.8. The summed E-state index contributed by atoms with van der Waals surface area (Å²) in [5.74, 6) is 0.502. The van der Waals surface area contributed by atoms with E-state index < -0.39 is 13.9 Å². The topological polar surface area (TPSA) is 83.1 Å². The fourth-order valence-electron chi connectivity index (χ4n) is 2.92. The van der Waals surface area contributed by atoms with Gasteiger partial charge in [-0.3, -0.25) is 9.59 Å². The lowest BCUT2D eigenvalue weighted by atomic mass is 10.1. The molecule has 0 aliphatic carbocycles. The maximum Gasteiger partial charge on any atom is 0.333 e. The van der Waals surface area contributed by atoms with E-state index in [1.165, 1.54) is 0 Å². The van der Waals surface area contributed by atoms with Gasteiger partial charge in [-0.15, -0.1) is 0 Å². The molecule has 0 aliphatic rings. The Labute approximate surface area is 201 Å². The molecule has 2 rings (SSSR count). The fourth-order valence-corrected chi connectivity index (χ4v) is 4.59. The Kier molecular flexibility index (Phi) is 12.4. The summed E-state index contributed by atoms with van der Waals surface area (Å²) in [7, 11) is 0.0751. The van der Waals surface area contributed by atoms with Gasteiger partial charge in [-0.05, 0) is 50.5 Å². The first-order valence-corrected chi connectivity index (χ1v) is 12.9. The molecule has 0 aromatic heterocycles. The van der Waals surface area contributed by atoms with Crippen LogP contribution in [0.25, 0.3) is 0 Å². The highest BCUT2D eigenvalue weighted by molar-refractivity contribution is 8.13. The van der Waals surface area contributed by atoms with Crippen molar-refractivity contribution in [3.63, 3.8) is 0 Å². The van der Waals surface area contributed by atoms with Crippen LogP contribution >= 0.6 is 20.4 Å². The third-order valence-corrected chi connectivity index (χ3v) is 6.82. The van der Waals surface area contributed by atoms with Crippen LogP contribution in [0.2, 0.25) is 0 Å². The van der Waals surface area contributed by atoms with Crippen molar-refractivity contribution in [2.75, 3.05) is 26.9 Å². The molecule has 1 amide bonds. The van der Waals surface area contributed by atoms with Gasteiger partial charge < -0.3 is 23.6 Å². The van der Waals surface area contributed by atoms with Crippen molar-refractivity contribution in [1.29, 1.82) is 0 Å². The molecule has 2 aromatic rings. The van der Waals surface area contributed by atoms with E-state index >= 15 is 0 Å². The van der Waals surface area contributed by atoms with Gasteiger partial charge in [0.2, 0.25) is 5.91 Å². The minimum atomic E-state index is -1.49. The molecule has 0 spiro atoms. The van der Waals surface area contributed by atoms with E-state index in [0.717, 1.165) is 28.5 Å². The average Bonchev–Trinajstić information content (AvgIpc) is 2.82. The summed E-state index contributed by atoms with van der Waals surface area (Å²) in [5.41, 5.74) is 3.77. The van der Waals surface area contributed by atoms with Gasteiger partial charge in [0, 0.05) is 7.05 Å². The Morgan fingerprint density at radius 2 is 1.70 bits per heavy atom. The van der Waals surface area contributed by atoms with Crippen molar-refractivity contribution in [2.24, 2.45) is 0 Å². The van der Waals surface area contributed by atoms with Crippen LogP contribution in [0.5, 0.6) is 5.75 Å². The molecule has 0 saturated heterocycles. The predicted molar refractivity (Wildman–Crippen MR) is 133 cm³/mol. The van der Waals surface area contributed by atoms with Crippen LogP contribution < -0.4 is 10.1 Å². The minimum absolute atomic E-state index is 0.175. The second-order valence-corrected chi connectivity index (χ2v) is 9.27. The van der Waals surface area contributed by atoms with E-state index in [2.05, 4.69) is 5.32 Å². The van der Waals surface area contributed by atoms with E-state index in [-0.39, 0.29) is 18.6 Å². The number of amides is 1. The molecule has 9 heteroatoms. The van der Waals surface area contributed by atoms with Gasteiger partial charge in [0.25, 0.3) is 0 Å². The Hall–Kier alpha value is -1.96. The quantitative estimate of drug-likeness (QED) is 0.276. The lowest BCUT2D eigenvalue weighted by Crippen LogP contribution is -2.31. The number of ether oxygens (including phenoxy) is 1. The maximum absolute atomic E-state index is 11.9. The molecule has 0 heterocycles. The summed E-state index contributed by atoms with van der Waals surface area (Å²) >= 11 is 0.972. The van der Waals surface area contributed by atoms with E-state index in [1.807, 2.05) is 69.3 Å². The van der Waals surface area contributed by atoms with Gasteiger partial charge in [-0.1, -0.05) is 53.7 Å².